The number of carbonyl (C=O) groups is 2. The summed E-state index contributed by atoms with van der Waals surface area (Å²) < 4.78 is 12.1. The maximum absolute atomic E-state index is 12.2. The molecule has 2 aromatic rings. The molecule has 0 aliphatic carbocycles. The summed E-state index contributed by atoms with van der Waals surface area (Å²) in [6.45, 7) is 0.373. The van der Waals surface area contributed by atoms with Gasteiger partial charge in [0.25, 0.3) is 11.8 Å². The number of unbranched alkanes of at least 4 members (excludes halogenated alkanes) is 1. The Hall–Kier alpha value is -2.11. The number of fused-ring (bicyclic) bond motifs is 1. The van der Waals surface area contributed by atoms with Crippen LogP contribution >= 0.6 is 0 Å². The number of carbonyl (C=O) groups excluding carboxylic acids is 2. The Bertz CT molecular complexity index is 682. The van der Waals surface area contributed by atoms with Crippen molar-refractivity contribution in [2.75, 3.05) is 12.3 Å². The van der Waals surface area contributed by atoms with Crippen LogP contribution < -0.4 is 0 Å². The number of hydrogen-bond acceptors (Lipinski definition) is 3. The molecule has 0 bridgehead atoms. The van der Waals surface area contributed by atoms with Crippen LogP contribution in [0.5, 0.6) is 0 Å². The summed E-state index contributed by atoms with van der Waals surface area (Å²) in [5.41, 5.74) is 0.954. The first-order valence-electron chi connectivity index (χ1n) is 7.57. The summed E-state index contributed by atoms with van der Waals surface area (Å²) in [6, 6.07) is 16.2. The van der Waals surface area contributed by atoms with E-state index in [9.17, 15) is 14.1 Å². The third kappa shape index (κ3) is 3.30. The lowest BCUT2D eigenvalue weighted by molar-refractivity contribution is 0.0652. The Kier molecular flexibility index (Phi) is 4.79. The molecular formula is C18H17NO3S. The van der Waals surface area contributed by atoms with E-state index >= 15 is 0 Å². The molecule has 2 amide bonds. The molecule has 0 spiro atoms. The predicted molar refractivity (Wildman–Crippen MR) is 88.8 cm³/mol. The zero-order valence-electron chi connectivity index (χ0n) is 12.6. The summed E-state index contributed by atoms with van der Waals surface area (Å²) in [7, 11) is 0. The van der Waals surface area contributed by atoms with Crippen molar-refractivity contribution in [3.8, 4) is 0 Å². The first kappa shape index (κ1) is 15.8. The van der Waals surface area contributed by atoms with Crippen molar-refractivity contribution in [1.82, 2.24) is 4.90 Å². The van der Waals surface area contributed by atoms with Gasteiger partial charge in [-0.3, -0.25) is 14.5 Å². The SMILES string of the molecule is O=C1c2ccccc2C(=O)N1CCCC[S+]([O-])c1ccccc1. The molecule has 0 saturated carbocycles. The van der Waals surface area contributed by atoms with Gasteiger partial charge in [-0.1, -0.05) is 30.3 Å². The number of amides is 2. The van der Waals surface area contributed by atoms with E-state index in [0.717, 1.165) is 4.90 Å². The third-order valence-electron chi connectivity index (χ3n) is 3.85. The van der Waals surface area contributed by atoms with Crippen LogP contribution in [0.15, 0.2) is 59.5 Å². The number of nitrogens with zero attached hydrogens (tertiary/aromatic N) is 1. The van der Waals surface area contributed by atoms with Gasteiger partial charge < -0.3 is 4.55 Å². The maximum Gasteiger partial charge on any atom is 0.261 e. The second kappa shape index (κ2) is 6.98. The first-order chi connectivity index (χ1) is 11.2. The van der Waals surface area contributed by atoms with Crippen molar-refractivity contribution in [2.45, 2.75) is 17.7 Å². The van der Waals surface area contributed by atoms with Gasteiger partial charge in [0.05, 0.1) is 11.1 Å². The standard InChI is InChI=1S/C18H17NO3S/c20-17-15-10-4-5-11-16(15)18(21)19(17)12-6-7-13-23(22)14-8-2-1-3-9-14/h1-5,8-11H,6-7,12-13H2. The Labute approximate surface area is 138 Å². The minimum absolute atomic E-state index is 0.227. The number of imide groups is 1. The molecule has 2 aromatic carbocycles. The van der Waals surface area contributed by atoms with Crippen LogP contribution in [-0.2, 0) is 11.2 Å². The smallest absolute Gasteiger partial charge is 0.261 e. The molecule has 0 fully saturated rings. The molecule has 0 saturated heterocycles. The van der Waals surface area contributed by atoms with Gasteiger partial charge in [-0.05, 0) is 48.3 Å². The van der Waals surface area contributed by atoms with Gasteiger partial charge in [0.15, 0.2) is 4.90 Å². The van der Waals surface area contributed by atoms with Crippen LogP contribution in [0.1, 0.15) is 33.6 Å². The second-order valence-corrected chi connectivity index (χ2v) is 6.95. The van der Waals surface area contributed by atoms with Crippen molar-refractivity contribution < 1.29 is 14.1 Å². The fourth-order valence-corrected chi connectivity index (χ4v) is 3.80. The van der Waals surface area contributed by atoms with E-state index in [1.807, 2.05) is 30.3 Å². The summed E-state index contributed by atoms with van der Waals surface area (Å²) in [6.07, 6.45) is 1.36. The molecule has 0 radical (unpaired) electrons. The zero-order chi connectivity index (χ0) is 16.2. The fraction of sp³-hybridized carbons (Fsp3) is 0.222. The first-order valence-corrected chi connectivity index (χ1v) is 8.89. The summed E-state index contributed by atoms with van der Waals surface area (Å²) in [4.78, 5) is 26.5. The molecule has 118 valence electrons. The molecule has 23 heavy (non-hydrogen) atoms. The fourth-order valence-electron chi connectivity index (χ4n) is 2.64. The minimum atomic E-state index is -1.03. The summed E-state index contributed by atoms with van der Waals surface area (Å²) >= 11 is -1.03. The number of benzene rings is 2. The highest BCUT2D eigenvalue weighted by Gasteiger charge is 2.34. The average Bonchev–Trinajstić information content (AvgIpc) is 2.84. The topological polar surface area (TPSA) is 60.4 Å². The van der Waals surface area contributed by atoms with Gasteiger partial charge >= 0.3 is 0 Å². The van der Waals surface area contributed by atoms with E-state index in [1.165, 1.54) is 4.90 Å². The highest BCUT2D eigenvalue weighted by Crippen LogP contribution is 2.22. The maximum atomic E-state index is 12.2. The van der Waals surface area contributed by atoms with Gasteiger partial charge in [-0.15, -0.1) is 0 Å². The normalized spacial score (nSPS) is 14.9. The summed E-state index contributed by atoms with van der Waals surface area (Å²) in [5.74, 6) is 0.0808. The van der Waals surface area contributed by atoms with E-state index in [1.54, 1.807) is 24.3 Å². The minimum Gasteiger partial charge on any atom is -0.611 e. The van der Waals surface area contributed by atoms with Crippen molar-refractivity contribution in [3.63, 3.8) is 0 Å². The molecule has 1 aliphatic rings. The average molecular weight is 327 g/mol. The highest BCUT2D eigenvalue weighted by molar-refractivity contribution is 7.91. The van der Waals surface area contributed by atoms with E-state index in [-0.39, 0.29) is 11.8 Å². The van der Waals surface area contributed by atoms with Crippen LogP contribution in [0.3, 0.4) is 0 Å². The monoisotopic (exact) mass is 327 g/mol. The van der Waals surface area contributed by atoms with Crippen LogP contribution in [0.2, 0.25) is 0 Å². The number of rotatable bonds is 6. The van der Waals surface area contributed by atoms with Crippen molar-refractivity contribution in [2.24, 2.45) is 0 Å². The largest absolute Gasteiger partial charge is 0.611 e. The number of hydrogen-bond donors (Lipinski definition) is 0. The van der Waals surface area contributed by atoms with E-state index in [4.69, 9.17) is 0 Å². The van der Waals surface area contributed by atoms with Crippen molar-refractivity contribution >= 4 is 23.0 Å². The molecule has 3 rings (SSSR count). The van der Waals surface area contributed by atoms with Crippen LogP contribution in [0, 0.1) is 0 Å². The second-order valence-electron chi connectivity index (χ2n) is 5.38. The molecule has 0 aromatic heterocycles. The Morgan fingerprint density at radius 2 is 1.39 bits per heavy atom. The Balaban J connectivity index is 1.50. The third-order valence-corrected chi connectivity index (χ3v) is 5.30. The molecular weight excluding hydrogens is 310 g/mol. The molecule has 4 nitrogen and oxygen atoms in total. The Morgan fingerprint density at radius 3 is 2.00 bits per heavy atom. The lowest BCUT2D eigenvalue weighted by Gasteiger charge is -2.14. The molecule has 1 atom stereocenters. The molecule has 0 N–H and O–H groups in total. The zero-order valence-corrected chi connectivity index (χ0v) is 13.4. The van der Waals surface area contributed by atoms with Gasteiger partial charge in [-0.2, -0.15) is 0 Å². The molecule has 1 unspecified atom stereocenters. The van der Waals surface area contributed by atoms with E-state index < -0.39 is 11.2 Å². The molecule has 1 heterocycles. The quantitative estimate of drug-likeness (QED) is 0.466. The van der Waals surface area contributed by atoms with E-state index in [0.29, 0.717) is 36.3 Å². The van der Waals surface area contributed by atoms with Crippen molar-refractivity contribution in [3.05, 3.63) is 65.7 Å². The summed E-state index contributed by atoms with van der Waals surface area (Å²) in [5, 5.41) is 0. The van der Waals surface area contributed by atoms with Crippen molar-refractivity contribution in [1.29, 1.82) is 0 Å². The van der Waals surface area contributed by atoms with Crippen LogP contribution in [0.4, 0.5) is 0 Å². The molecule has 1 aliphatic heterocycles. The Morgan fingerprint density at radius 1 is 0.826 bits per heavy atom. The van der Waals surface area contributed by atoms with Crippen LogP contribution in [-0.4, -0.2) is 33.6 Å². The molecule has 5 heteroatoms. The van der Waals surface area contributed by atoms with E-state index in [2.05, 4.69) is 0 Å². The highest BCUT2D eigenvalue weighted by atomic mass is 32.2. The van der Waals surface area contributed by atoms with Gasteiger partial charge in [-0.25, -0.2) is 0 Å². The lowest BCUT2D eigenvalue weighted by Crippen LogP contribution is -2.30. The van der Waals surface area contributed by atoms with Crippen LogP contribution in [0.25, 0.3) is 0 Å². The van der Waals surface area contributed by atoms with Gasteiger partial charge in [0, 0.05) is 6.54 Å². The van der Waals surface area contributed by atoms with Gasteiger partial charge in [0.2, 0.25) is 0 Å². The lowest BCUT2D eigenvalue weighted by atomic mass is 10.1. The van der Waals surface area contributed by atoms with Gasteiger partial charge in [0.1, 0.15) is 5.75 Å². The predicted octanol–water partition coefficient (Wildman–Crippen LogP) is 2.87.